The lowest BCUT2D eigenvalue weighted by Gasteiger charge is -2.36. The fraction of sp³-hybridized carbons (Fsp3) is 0.364. The highest BCUT2D eigenvalue weighted by atomic mass is 19.1. The van der Waals surface area contributed by atoms with E-state index in [2.05, 4.69) is 16.8 Å². The summed E-state index contributed by atoms with van der Waals surface area (Å²) in [5.74, 6) is 4.87. The molecule has 3 atom stereocenters. The Hall–Kier alpha value is -2.67. The van der Waals surface area contributed by atoms with Gasteiger partial charge in [-0.3, -0.25) is 9.78 Å². The third kappa shape index (κ3) is 4.29. The van der Waals surface area contributed by atoms with Crippen LogP contribution in [-0.2, 0) is 9.53 Å². The van der Waals surface area contributed by atoms with Crippen molar-refractivity contribution in [2.24, 2.45) is 5.92 Å². The van der Waals surface area contributed by atoms with Gasteiger partial charge in [0.2, 0.25) is 0 Å². The minimum atomic E-state index is -1.63. The van der Waals surface area contributed by atoms with Crippen LogP contribution in [0.15, 0.2) is 54.9 Å². The number of carbonyl (C=O) groups excluding carboxylic acids is 1. The molecule has 0 radical (unpaired) electrons. The van der Waals surface area contributed by atoms with Crippen LogP contribution in [0.25, 0.3) is 0 Å². The first-order chi connectivity index (χ1) is 12.6. The van der Waals surface area contributed by atoms with Gasteiger partial charge in [-0.15, -0.1) is 0 Å². The van der Waals surface area contributed by atoms with E-state index >= 15 is 4.39 Å². The molecule has 1 fully saturated rings. The van der Waals surface area contributed by atoms with Gasteiger partial charge in [0.1, 0.15) is 0 Å². The average molecular weight is 351 g/mol. The lowest BCUT2D eigenvalue weighted by molar-refractivity contribution is -0.150. The van der Waals surface area contributed by atoms with Gasteiger partial charge in [0.25, 0.3) is 0 Å². The largest absolute Gasteiger partial charge is 0.466 e. The smallest absolute Gasteiger partial charge is 0.309 e. The summed E-state index contributed by atoms with van der Waals surface area (Å²) in [6.45, 7) is 2.12. The first kappa shape index (κ1) is 18.1. The van der Waals surface area contributed by atoms with Gasteiger partial charge in [0, 0.05) is 30.3 Å². The van der Waals surface area contributed by atoms with Crippen LogP contribution in [0, 0.1) is 17.8 Å². The molecule has 26 heavy (non-hydrogen) atoms. The molecule has 4 heteroatoms. The second-order valence-electron chi connectivity index (χ2n) is 6.58. The molecular formula is C22H22FNO2. The molecule has 1 aromatic heterocycles. The topological polar surface area (TPSA) is 39.2 Å². The minimum absolute atomic E-state index is 0.188. The molecule has 1 heterocycles. The minimum Gasteiger partial charge on any atom is -0.466 e. The molecule has 1 saturated carbocycles. The quantitative estimate of drug-likeness (QED) is 0.612. The van der Waals surface area contributed by atoms with E-state index in [9.17, 15) is 4.79 Å². The van der Waals surface area contributed by atoms with Crippen molar-refractivity contribution < 1.29 is 13.9 Å². The highest BCUT2D eigenvalue weighted by Crippen LogP contribution is 2.44. The third-order valence-electron chi connectivity index (χ3n) is 4.79. The van der Waals surface area contributed by atoms with Crippen molar-refractivity contribution in [2.45, 2.75) is 37.8 Å². The summed E-state index contributed by atoms with van der Waals surface area (Å²) in [5, 5.41) is 0. The summed E-state index contributed by atoms with van der Waals surface area (Å²) < 4.78 is 20.7. The van der Waals surface area contributed by atoms with E-state index in [1.54, 1.807) is 25.4 Å². The van der Waals surface area contributed by atoms with Crippen molar-refractivity contribution >= 4 is 5.97 Å². The lowest BCUT2D eigenvalue weighted by Crippen LogP contribution is -2.37. The number of rotatable bonds is 3. The van der Waals surface area contributed by atoms with E-state index in [0.717, 1.165) is 5.56 Å². The van der Waals surface area contributed by atoms with Crippen LogP contribution in [0.2, 0.25) is 0 Å². The Morgan fingerprint density at radius 3 is 2.81 bits per heavy atom. The SMILES string of the molecule is CCOC(=O)[C@@H]1CCC(F)(C#Cc2cccnc2)C[C@H]1c1ccccc1. The zero-order valence-corrected chi connectivity index (χ0v) is 14.8. The van der Waals surface area contributed by atoms with E-state index in [4.69, 9.17) is 4.74 Å². The Labute approximate surface area is 153 Å². The Kier molecular flexibility index (Phi) is 5.68. The zero-order valence-electron chi connectivity index (χ0n) is 14.8. The fourth-order valence-electron chi connectivity index (χ4n) is 3.49. The molecule has 0 aliphatic heterocycles. The van der Waals surface area contributed by atoms with Gasteiger partial charge in [0.05, 0.1) is 12.5 Å². The monoisotopic (exact) mass is 351 g/mol. The molecule has 3 nitrogen and oxygen atoms in total. The molecule has 0 N–H and O–H groups in total. The molecule has 134 valence electrons. The van der Waals surface area contributed by atoms with Crippen LogP contribution in [0.1, 0.15) is 43.2 Å². The van der Waals surface area contributed by atoms with Crippen molar-refractivity contribution in [2.75, 3.05) is 6.61 Å². The number of aromatic nitrogens is 1. The molecule has 1 aliphatic carbocycles. The summed E-state index contributed by atoms with van der Waals surface area (Å²) in [5.41, 5.74) is 0.0167. The highest BCUT2D eigenvalue weighted by molar-refractivity contribution is 5.74. The number of halogens is 1. The maximum Gasteiger partial charge on any atom is 0.309 e. The zero-order chi connectivity index (χ0) is 18.4. The molecule has 3 rings (SSSR count). The van der Waals surface area contributed by atoms with Crippen LogP contribution in [0.5, 0.6) is 0 Å². The summed E-state index contributed by atoms with van der Waals surface area (Å²) in [7, 11) is 0. The molecule has 0 amide bonds. The number of nitrogens with zero attached hydrogens (tertiary/aromatic N) is 1. The Morgan fingerprint density at radius 1 is 1.31 bits per heavy atom. The van der Waals surface area contributed by atoms with Gasteiger partial charge < -0.3 is 4.74 Å². The van der Waals surface area contributed by atoms with Crippen LogP contribution < -0.4 is 0 Å². The van der Waals surface area contributed by atoms with Gasteiger partial charge in [-0.25, -0.2) is 4.39 Å². The van der Waals surface area contributed by atoms with Crippen LogP contribution in [0.4, 0.5) is 4.39 Å². The number of esters is 1. The third-order valence-corrected chi connectivity index (χ3v) is 4.79. The van der Waals surface area contributed by atoms with Crippen molar-refractivity contribution in [3.05, 3.63) is 66.0 Å². The lowest BCUT2D eigenvalue weighted by atomic mass is 9.70. The molecular weight excluding hydrogens is 329 g/mol. The van der Waals surface area contributed by atoms with E-state index < -0.39 is 5.67 Å². The predicted octanol–water partition coefficient (Wildman–Crippen LogP) is 4.29. The predicted molar refractivity (Wildman–Crippen MR) is 98.1 cm³/mol. The van der Waals surface area contributed by atoms with E-state index in [-0.39, 0.29) is 30.6 Å². The van der Waals surface area contributed by atoms with E-state index in [1.807, 2.05) is 36.4 Å². The summed E-state index contributed by atoms with van der Waals surface area (Å²) in [6, 6.07) is 13.2. The van der Waals surface area contributed by atoms with Gasteiger partial charge >= 0.3 is 5.97 Å². The first-order valence-electron chi connectivity index (χ1n) is 8.95. The molecule has 1 unspecified atom stereocenters. The fourth-order valence-corrected chi connectivity index (χ4v) is 3.49. The van der Waals surface area contributed by atoms with Crippen molar-refractivity contribution in [3.8, 4) is 11.8 Å². The van der Waals surface area contributed by atoms with Crippen LogP contribution in [0.3, 0.4) is 0 Å². The van der Waals surface area contributed by atoms with Gasteiger partial charge in [-0.05, 0) is 37.5 Å². The number of alkyl halides is 1. The molecule has 0 bridgehead atoms. The summed E-state index contributed by atoms with van der Waals surface area (Å²) in [4.78, 5) is 16.4. The summed E-state index contributed by atoms with van der Waals surface area (Å²) >= 11 is 0. The Morgan fingerprint density at radius 2 is 2.12 bits per heavy atom. The maximum atomic E-state index is 15.5. The number of pyridine rings is 1. The standard InChI is InChI=1S/C22H22FNO2/c1-2-26-21(25)19-11-13-22(23,12-10-17-7-6-14-24-16-17)15-20(19)18-8-4-3-5-9-18/h3-9,14,16,19-20H,2,11,13,15H2,1H3/t19-,20+,22?/m1/s1. The Balaban J connectivity index is 1.86. The molecule has 1 aliphatic rings. The molecule has 0 spiro atoms. The van der Waals surface area contributed by atoms with Crippen molar-refractivity contribution in [3.63, 3.8) is 0 Å². The number of hydrogen-bond donors (Lipinski definition) is 0. The van der Waals surface area contributed by atoms with E-state index in [0.29, 0.717) is 18.6 Å². The first-order valence-corrected chi connectivity index (χ1v) is 8.95. The normalized spacial score (nSPS) is 25.0. The number of hydrogen-bond acceptors (Lipinski definition) is 3. The number of carbonyl (C=O) groups is 1. The molecule has 0 saturated heterocycles. The van der Waals surface area contributed by atoms with Crippen LogP contribution in [-0.4, -0.2) is 23.2 Å². The second-order valence-corrected chi connectivity index (χ2v) is 6.58. The van der Waals surface area contributed by atoms with Gasteiger partial charge in [-0.1, -0.05) is 42.2 Å². The molecule has 1 aromatic carbocycles. The molecule has 2 aromatic rings. The highest BCUT2D eigenvalue weighted by Gasteiger charge is 2.44. The number of benzene rings is 1. The Bertz CT molecular complexity index is 797. The van der Waals surface area contributed by atoms with Crippen molar-refractivity contribution in [1.29, 1.82) is 0 Å². The van der Waals surface area contributed by atoms with Gasteiger partial charge in [-0.2, -0.15) is 0 Å². The van der Waals surface area contributed by atoms with Crippen molar-refractivity contribution in [1.82, 2.24) is 4.98 Å². The van der Waals surface area contributed by atoms with Gasteiger partial charge in [0.15, 0.2) is 5.67 Å². The summed E-state index contributed by atoms with van der Waals surface area (Å²) in [6.07, 6.45) is 4.12. The second kappa shape index (κ2) is 8.14. The van der Waals surface area contributed by atoms with Crippen LogP contribution >= 0.6 is 0 Å². The average Bonchev–Trinajstić information content (AvgIpc) is 2.68. The number of ether oxygens (including phenoxy) is 1. The maximum absolute atomic E-state index is 15.5. The van der Waals surface area contributed by atoms with E-state index in [1.165, 1.54) is 0 Å².